The Morgan fingerprint density at radius 3 is 2.41 bits per heavy atom. The van der Waals surface area contributed by atoms with Crippen LogP contribution in [0.3, 0.4) is 0 Å². The van der Waals surface area contributed by atoms with Crippen LogP contribution in [0.5, 0.6) is 0 Å². The monoisotopic (exact) mass is 351 g/mol. The van der Waals surface area contributed by atoms with Gasteiger partial charge in [0.15, 0.2) is 5.96 Å². The molecular formula is C13H26IN3. The maximum absolute atomic E-state index is 6.03. The van der Waals surface area contributed by atoms with Gasteiger partial charge in [-0.3, -0.25) is 4.99 Å². The topological polar surface area (TPSA) is 41.6 Å². The maximum Gasteiger partial charge on any atom is 0.191 e. The summed E-state index contributed by atoms with van der Waals surface area (Å²) >= 11 is 0. The van der Waals surface area contributed by atoms with E-state index in [0.717, 1.165) is 12.5 Å². The number of nitrogens with zero attached hydrogens (tertiary/aromatic N) is 2. The van der Waals surface area contributed by atoms with Crippen LogP contribution in [0.4, 0.5) is 0 Å². The molecule has 0 spiro atoms. The average molecular weight is 351 g/mol. The minimum absolute atomic E-state index is 0. The molecule has 0 aromatic heterocycles. The Morgan fingerprint density at radius 1 is 1.35 bits per heavy atom. The minimum Gasteiger partial charge on any atom is -0.370 e. The van der Waals surface area contributed by atoms with E-state index in [2.05, 4.69) is 23.9 Å². The first-order chi connectivity index (χ1) is 7.67. The molecule has 0 radical (unpaired) electrons. The summed E-state index contributed by atoms with van der Waals surface area (Å²) in [4.78, 5) is 6.78. The molecule has 0 amide bonds. The fourth-order valence-corrected chi connectivity index (χ4v) is 2.76. The second kappa shape index (κ2) is 6.25. The van der Waals surface area contributed by atoms with E-state index in [1.807, 2.05) is 0 Å². The van der Waals surface area contributed by atoms with Crippen molar-refractivity contribution in [2.45, 2.75) is 57.9 Å². The third-order valence-electron chi connectivity index (χ3n) is 4.45. The number of rotatable bonds is 4. The number of hydrogen-bond acceptors (Lipinski definition) is 1. The normalized spacial score (nSPS) is 23.3. The molecule has 0 bridgehead atoms. The maximum atomic E-state index is 6.03. The van der Waals surface area contributed by atoms with Gasteiger partial charge in [-0.05, 0) is 37.5 Å². The highest BCUT2D eigenvalue weighted by molar-refractivity contribution is 14.0. The van der Waals surface area contributed by atoms with Gasteiger partial charge in [0, 0.05) is 19.6 Å². The van der Waals surface area contributed by atoms with E-state index in [0.29, 0.717) is 11.5 Å². The van der Waals surface area contributed by atoms with Gasteiger partial charge in [-0.1, -0.05) is 19.8 Å². The SMILES string of the molecule is CCC1(CN=C(N)N(C)C2CC2)CCCC1.I. The van der Waals surface area contributed by atoms with Crippen molar-refractivity contribution in [3.63, 3.8) is 0 Å². The highest BCUT2D eigenvalue weighted by atomic mass is 127. The smallest absolute Gasteiger partial charge is 0.191 e. The highest BCUT2D eigenvalue weighted by Gasteiger charge is 2.32. The van der Waals surface area contributed by atoms with Crippen LogP contribution in [0.25, 0.3) is 0 Å². The number of halogens is 1. The van der Waals surface area contributed by atoms with Gasteiger partial charge in [-0.2, -0.15) is 0 Å². The summed E-state index contributed by atoms with van der Waals surface area (Å²) in [5.74, 6) is 0.752. The Morgan fingerprint density at radius 2 is 1.94 bits per heavy atom. The molecule has 2 aliphatic carbocycles. The number of guanidine groups is 1. The minimum atomic E-state index is 0. The third kappa shape index (κ3) is 3.73. The zero-order chi connectivity index (χ0) is 11.6. The number of aliphatic imine (C=N–C) groups is 1. The summed E-state index contributed by atoms with van der Waals surface area (Å²) in [5, 5.41) is 0. The molecule has 0 aromatic carbocycles. The molecule has 2 rings (SSSR count). The molecule has 17 heavy (non-hydrogen) atoms. The molecule has 0 saturated heterocycles. The number of hydrogen-bond donors (Lipinski definition) is 1. The van der Waals surface area contributed by atoms with Crippen molar-refractivity contribution in [3.8, 4) is 0 Å². The van der Waals surface area contributed by atoms with Crippen LogP contribution in [0.15, 0.2) is 4.99 Å². The summed E-state index contributed by atoms with van der Waals surface area (Å²) in [6.45, 7) is 3.23. The van der Waals surface area contributed by atoms with E-state index in [9.17, 15) is 0 Å². The van der Waals surface area contributed by atoms with Crippen LogP contribution in [-0.2, 0) is 0 Å². The predicted molar refractivity (Wildman–Crippen MR) is 83.9 cm³/mol. The second-order valence-electron chi connectivity index (χ2n) is 5.58. The Labute approximate surface area is 122 Å². The first-order valence-electron chi connectivity index (χ1n) is 6.70. The Hall–Kier alpha value is 0. The van der Waals surface area contributed by atoms with Crippen LogP contribution in [0, 0.1) is 5.41 Å². The van der Waals surface area contributed by atoms with Gasteiger partial charge in [-0.15, -0.1) is 24.0 Å². The predicted octanol–water partition coefficient (Wildman–Crippen LogP) is 2.98. The lowest BCUT2D eigenvalue weighted by molar-refractivity contribution is 0.295. The van der Waals surface area contributed by atoms with Gasteiger partial charge in [0.1, 0.15) is 0 Å². The Balaban J connectivity index is 0.00000144. The zero-order valence-electron chi connectivity index (χ0n) is 11.1. The summed E-state index contributed by atoms with van der Waals surface area (Å²) in [6.07, 6.45) is 9.25. The Kier molecular flexibility index (Phi) is 5.54. The van der Waals surface area contributed by atoms with Crippen LogP contribution in [0.1, 0.15) is 51.9 Å². The zero-order valence-corrected chi connectivity index (χ0v) is 13.4. The van der Waals surface area contributed by atoms with Gasteiger partial charge in [0.2, 0.25) is 0 Å². The summed E-state index contributed by atoms with van der Waals surface area (Å²) in [5.41, 5.74) is 6.49. The summed E-state index contributed by atoms with van der Waals surface area (Å²) in [7, 11) is 2.07. The van der Waals surface area contributed by atoms with Gasteiger partial charge >= 0.3 is 0 Å². The van der Waals surface area contributed by atoms with E-state index in [1.165, 1.54) is 44.9 Å². The highest BCUT2D eigenvalue weighted by Crippen LogP contribution is 2.41. The molecule has 100 valence electrons. The molecule has 0 unspecified atom stereocenters. The van der Waals surface area contributed by atoms with Crippen molar-refractivity contribution in [3.05, 3.63) is 0 Å². The van der Waals surface area contributed by atoms with Crippen molar-refractivity contribution in [1.82, 2.24) is 4.90 Å². The van der Waals surface area contributed by atoms with E-state index in [1.54, 1.807) is 0 Å². The Bertz CT molecular complexity index is 268. The van der Waals surface area contributed by atoms with Gasteiger partial charge < -0.3 is 10.6 Å². The van der Waals surface area contributed by atoms with Crippen molar-refractivity contribution < 1.29 is 0 Å². The van der Waals surface area contributed by atoms with Crippen LogP contribution >= 0.6 is 24.0 Å². The van der Waals surface area contributed by atoms with Crippen molar-refractivity contribution in [2.24, 2.45) is 16.1 Å². The van der Waals surface area contributed by atoms with Gasteiger partial charge in [-0.25, -0.2) is 0 Å². The van der Waals surface area contributed by atoms with E-state index in [-0.39, 0.29) is 24.0 Å². The molecular weight excluding hydrogens is 325 g/mol. The molecule has 3 nitrogen and oxygen atoms in total. The molecule has 4 heteroatoms. The van der Waals surface area contributed by atoms with Gasteiger partial charge in [0.25, 0.3) is 0 Å². The van der Waals surface area contributed by atoms with Gasteiger partial charge in [0.05, 0.1) is 0 Å². The lowest BCUT2D eigenvalue weighted by atomic mass is 9.84. The standard InChI is InChI=1S/C13H25N3.HI/c1-3-13(8-4-5-9-13)10-15-12(14)16(2)11-6-7-11;/h11H,3-10H2,1-2H3,(H2,14,15);1H. The van der Waals surface area contributed by atoms with Crippen LogP contribution in [0.2, 0.25) is 0 Å². The molecule has 0 aliphatic heterocycles. The van der Waals surface area contributed by atoms with Crippen molar-refractivity contribution in [1.29, 1.82) is 0 Å². The molecule has 2 fully saturated rings. The quantitative estimate of drug-likeness (QED) is 0.481. The summed E-state index contributed by atoms with van der Waals surface area (Å²) in [6, 6.07) is 0.671. The van der Waals surface area contributed by atoms with Crippen molar-refractivity contribution >= 4 is 29.9 Å². The van der Waals surface area contributed by atoms with Crippen molar-refractivity contribution in [2.75, 3.05) is 13.6 Å². The first kappa shape index (κ1) is 15.1. The third-order valence-corrected chi connectivity index (χ3v) is 4.45. The summed E-state index contributed by atoms with van der Waals surface area (Å²) < 4.78 is 0. The molecule has 2 N–H and O–H groups in total. The lowest BCUT2D eigenvalue weighted by Gasteiger charge is -2.26. The van der Waals surface area contributed by atoms with Crippen LogP contribution < -0.4 is 5.73 Å². The average Bonchev–Trinajstić information content (AvgIpc) is 3.05. The molecule has 0 aromatic rings. The van der Waals surface area contributed by atoms with E-state index < -0.39 is 0 Å². The molecule has 0 heterocycles. The van der Waals surface area contributed by atoms with E-state index in [4.69, 9.17) is 5.73 Å². The number of nitrogens with two attached hydrogens (primary N) is 1. The molecule has 2 saturated carbocycles. The molecule has 2 aliphatic rings. The largest absolute Gasteiger partial charge is 0.370 e. The molecule has 0 atom stereocenters. The van der Waals surface area contributed by atoms with Crippen LogP contribution in [-0.4, -0.2) is 30.5 Å². The second-order valence-corrected chi connectivity index (χ2v) is 5.58. The fourth-order valence-electron chi connectivity index (χ4n) is 2.76. The lowest BCUT2D eigenvalue weighted by Crippen LogP contribution is -2.36. The fraction of sp³-hybridized carbons (Fsp3) is 0.923. The first-order valence-corrected chi connectivity index (χ1v) is 6.70. The van der Waals surface area contributed by atoms with E-state index >= 15 is 0 Å².